The molecule has 0 radical (unpaired) electrons. The van der Waals surface area contributed by atoms with Crippen molar-refractivity contribution < 1.29 is 14.0 Å². The molecule has 0 aliphatic rings. The first kappa shape index (κ1) is 20.7. The van der Waals surface area contributed by atoms with Gasteiger partial charge < -0.3 is 10.6 Å². The lowest BCUT2D eigenvalue weighted by Crippen LogP contribution is -2.24. The average Bonchev–Trinajstić information content (AvgIpc) is 3.27. The highest BCUT2D eigenvalue weighted by molar-refractivity contribution is 7.18. The molecular weight excluding hydrogens is 415 g/mol. The maximum absolute atomic E-state index is 13.2. The summed E-state index contributed by atoms with van der Waals surface area (Å²) in [5.74, 6) is -0.114. The molecule has 3 N–H and O–H groups in total. The van der Waals surface area contributed by atoms with E-state index in [1.165, 1.54) is 23.5 Å². The molecule has 2 heterocycles. The van der Waals surface area contributed by atoms with Crippen LogP contribution < -0.4 is 10.6 Å². The lowest BCUT2D eigenvalue weighted by Gasteiger charge is -2.05. The number of H-pyrrole nitrogens is 1. The van der Waals surface area contributed by atoms with Gasteiger partial charge in [0, 0.05) is 11.4 Å². The predicted octanol–water partition coefficient (Wildman–Crippen LogP) is 4.11. The van der Waals surface area contributed by atoms with Crippen LogP contribution in [-0.2, 0) is 29.0 Å². The number of amides is 2. The number of carbonyl (C=O) groups excluding carboxylic acids is 2. The van der Waals surface area contributed by atoms with Crippen LogP contribution in [0, 0.1) is 12.7 Å². The first-order valence-corrected chi connectivity index (χ1v) is 10.6. The van der Waals surface area contributed by atoms with Crippen LogP contribution in [0.3, 0.4) is 0 Å². The second kappa shape index (κ2) is 9.09. The number of anilines is 1. The summed E-state index contributed by atoms with van der Waals surface area (Å²) in [6.07, 6.45) is 0.453. The number of hydrogen-bond acceptors (Lipinski definition) is 4. The Bertz CT molecular complexity index is 1250. The van der Waals surface area contributed by atoms with Gasteiger partial charge in [0.2, 0.25) is 11.8 Å². The summed E-state index contributed by atoms with van der Waals surface area (Å²) < 4.78 is 13.2. The van der Waals surface area contributed by atoms with Crippen molar-refractivity contribution in [2.24, 2.45) is 0 Å². The first-order chi connectivity index (χ1) is 15.0. The number of hydrogen-bond donors (Lipinski definition) is 3. The molecule has 6 nitrogen and oxygen atoms in total. The van der Waals surface area contributed by atoms with E-state index in [1.807, 2.05) is 37.3 Å². The molecule has 2 aromatic heterocycles. The van der Waals surface area contributed by atoms with Crippen LogP contribution in [0.4, 0.5) is 10.2 Å². The number of aromatic nitrogens is 2. The van der Waals surface area contributed by atoms with Crippen LogP contribution in [0.25, 0.3) is 10.2 Å². The monoisotopic (exact) mass is 436 g/mol. The second-order valence-electron chi connectivity index (χ2n) is 7.33. The molecule has 4 aromatic rings. The first-order valence-electron chi connectivity index (χ1n) is 9.79. The quantitative estimate of drug-likeness (QED) is 0.407. The lowest BCUT2D eigenvalue weighted by molar-refractivity contribution is -0.120. The number of nitrogens with zero attached hydrogens (tertiary/aromatic N) is 1. The van der Waals surface area contributed by atoms with Crippen molar-refractivity contribution in [3.05, 3.63) is 82.0 Å². The highest BCUT2D eigenvalue weighted by Crippen LogP contribution is 2.29. The zero-order chi connectivity index (χ0) is 21.8. The number of halogens is 1. The molecule has 0 atom stereocenters. The van der Waals surface area contributed by atoms with Crippen LogP contribution in [0.1, 0.15) is 21.6 Å². The maximum Gasteiger partial charge on any atom is 0.229 e. The Morgan fingerprint density at radius 1 is 1.03 bits per heavy atom. The highest BCUT2D eigenvalue weighted by atomic mass is 32.1. The van der Waals surface area contributed by atoms with Gasteiger partial charge in [-0.1, -0.05) is 42.0 Å². The molecule has 31 heavy (non-hydrogen) atoms. The Labute approximate surface area is 182 Å². The van der Waals surface area contributed by atoms with Gasteiger partial charge in [0.25, 0.3) is 0 Å². The molecule has 0 saturated carbocycles. The fourth-order valence-electron chi connectivity index (χ4n) is 3.30. The summed E-state index contributed by atoms with van der Waals surface area (Å²) in [5.41, 5.74) is 2.75. The molecule has 0 bridgehead atoms. The molecule has 0 saturated heterocycles. The number of benzene rings is 2. The van der Waals surface area contributed by atoms with E-state index in [0.717, 1.165) is 26.2 Å². The van der Waals surface area contributed by atoms with Crippen LogP contribution in [0.2, 0.25) is 0 Å². The SMILES string of the molecule is Cc1cccc(CC(=O)Nc2[nH]nc3sc(CC(=O)NCc4cccc(F)c4)cc23)c1. The van der Waals surface area contributed by atoms with Crippen molar-refractivity contribution in [3.63, 3.8) is 0 Å². The van der Waals surface area contributed by atoms with Gasteiger partial charge in [-0.3, -0.25) is 14.7 Å². The van der Waals surface area contributed by atoms with Gasteiger partial charge in [-0.25, -0.2) is 4.39 Å². The van der Waals surface area contributed by atoms with E-state index >= 15 is 0 Å². The Balaban J connectivity index is 1.36. The van der Waals surface area contributed by atoms with Gasteiger partial charge in [0.05, 0.1) is 18.2 Å². The summed E-state index contributed by atoms with van der Waals surface area (Å²) in [7, 11) is 0. The minimum Gasteiger partial charge on any atom is -0.352 e. The minimum absolute atomic E-state index is 0.142. The largest absolute Gasteiger partial charge is 0.352 e. The van der Waals surface area contributed by atoms with E-state index in [1.54, 1.807) is 12.1 Å². The van der Waals surface area contributed by atoms with E-state index in [2.05, 4.69) is 20.8 Å². The van der Waals surface area contributed by atoms with E-state index < -0.39 is 0 Å². The van der Waals surface area contributed by atoms with Gasteiger partial charge in [0.15, 0.2) is 0 Å². The number of thiophene rings is 1. The van der Waals surface area contributed by atoms with Gasteiger partial charge in [-0.2, -0.15) is 5.10 Å². The molecule has 0 fully saturated rings. The second-order valence-corrected chi connectivity index (χ2v) is 8.44. The third-order valence-electron chi connectivity index (χ3n) is 4.73. The standard InChI is InChI=1S/C23H21FN4O2S/c1-14-4-2-5-15(8-14)10-21(30)26-22-19-11-18(31-23(19)28-27-22)12-20(29)25-13-16-6-3-7-17(24)9-16/h2-9,11H,10,12-13H2,1H3,(H,25,29)(H2,26,27,28,30). The van der Waals surface area contributed by atoms with E-state index in [0.29, 0.717) is 11.4 Å². The van der Waals surface area contributed by atoms with Crippen molar-refractivity contribution in [1.29, 1.82) is 0 Å². The van der Waals surface area contributed by atoms with Gasteiger partial charge in [-0.15, -0.1) is 11.3 Å². The number of nitrogens with one attached hydrogen (secondary N) is 3. The summed E-state index contributed by atoms with van der Waals surface area (Å²) >= 11 is 1.39. The number of rotatable bonds is 7. The minimum atomic E-state index is -0.331. The number of carbonyl (C=O) groups is 2. The fraction of sp³-hybridized carbons (Fsp3) is 0.174. The lowest BCUT2D eigenvalue weighted by atomic mass is 10.1. The molecular formula is C23H21FN4O2S. The molecule has 2 amide bonds. The Morgan fingerprint density at radius 2 is 1.84 bits per heavy atom. The molecule has 0 aliphatic carbocycles. The molecule has 0 unspecified atom stereocenters. The van der Waals surface area contributed by atoms with Crippen LogP contribution in [0.15, 0.2) is 54.6 Å². The van der Waals surface area contributed by atoms with Gasteiger partial charge in [-0.05, 0) is 36.2 Å². The fourth-order valence-corrected chi connectivity index (χ4v) is 4.29. The smallest absolute Gasteiger partial charge is 0.229 e. The van der Waals surface area contributed by atoms with E-state index in [-0.39, 0.29) is 37.0 Å². The summed E-state index contributed by atoms with van der Waals surface area (Å²) in [5, 5.41) is 13.5. The summed E-state index contributed by atoms with van der Waals surface area (Å²) in [6.45, 7) is 2.25. The topological polar surface area (TPSA) is 86.9 Å². The highest BCUT2D eigenvalue weighted by Gasteiger charge is 2.15. The summed E-state index contributed by atoms with van der Waals surface area (Å²) in [6, 6.07) is 15.8. The van der Waals surface area contributed by atoms with E-state index in [9.17, 15) is 14.0 Å². The van der Waals surface area contributed by atoms with Crippen molar-refractivity contribution in [2.75, 3.05) is 5.32 Å². The number of aromatic amines is 1. The Hall–Kier alpha value is -3.52. The third kappa shape index (κ3) is 5.35. The van der Waals surface area contributed by atoms with Crippen molar-refractivity contribution in [1.82, 2.24) is 15.5 Å². The molecule has 8 heteroatoms. The average molecular weight is 437 g/mol. The van der Waals surface area contributed by atoms with Crippen molar-refractivity contribution >= 4 is 39.2 Å². The third-order valence-corrected chi connectivity index (χ3v) is 5.76. The zero-order valence-corrected chi connectivity index (χ0v) is 17.7. The van der Waals surface area contributed by atoms with Gasteiger partial charge >= 0.3 is 0 Å². The maximum atomic E-state index is 13.2. The number of fused-ring (bicyclic) bond motifs is 1. The molecule has 0 spiro atoms. The zero-order valence-electron chi connectivity index (χ0n) is 16.9. The Kier molecular flexibility index (Phi) is 6.08. The predicted molar refractivity (Wildman–Crippen MR) is 119 cm³/mol. The van der Waals surface area contributed by atoms with Gasteiger partial charge in [0.1, 0.15) is 16.5 Å². The van der Waals surface area contributed by atoms with Crippen molar-refractivity contribution in [2.45, 2.75) is 26.3 Å². The van der Waals surface area contributed by atoms with Crippen LogP contribution >= 0.6 is 11.3 Å². The molecule has 2 aromatic carbocycles. The Morgan fingerprint density at radius 3 is 2.65 bits per heavy atom. The molecule has 4 rings (SSSR count). The van der Waals surface area contributed by atoms with E-state index in [4.69, 9.17) is 0 Å². The van der Waals surface area contributed by atoms with Crippen LogP contribution in [0.5, 0.6) is 0 Å². The number of aryl methyl sites for hydroxylation is 1. The molecule has 158 valence electrons. The van der Waals surface area contributed by atoms with Crippen molar-refractivity contribution in [3.8, 4) is 0 Å². The van der Waals surface area contributed by atoms with Crippen LogP contribution in [-0.4, -0.2) is 22.0 Å². The summed E-state index contributed by atoms with van der Waals surface area (Å²) in [4.78, 5) is 26.2. The molecule has 0 aliphatic heterocycles. The normalized spacial score (nSPS) is 10.9.